The van der Waals surface area contributed by atoms with Gasteiger partial charge < -0.3 is 5.73 Å². The number of nitrogen functional groups attached to an aromatic ring is 1. The number of thiophene rings is 1. The van der Waals surface area contributed by atoms with Gasteiger partial charge in [0.05, 0.1) is 16.7 Å². The van der Waals surface area contributed by atoms with Gasteiger partial charge in [0.25, 0.3) is 10.0 Å². The van der Waals surface area contributed by atoms with Gasteiger partial charge in [-0.15, -0.1) is 22.7 Å². The highest BCUT2D eigenvalue weighted by Gasteiger charge is 2.22. The first-order valence-corrected chi connectivity index (χ1v) is 8.78. The average molecular weight is 317 g/mol. The van der Waals surface area contributed by atoms with Crippen LogP contribution in [0.1, 0.15) is 28.5 Å². The third-order valence-corrected chi connectivity index (χ3v) is 6.78. The van der Waals surface area contributed by atoms with E-state index in [1.54, 1.807) is 5.38 Å². The molecule has 2 heterocycles. The minimum Gasteiger partial charge on any atom is -0.398 e. The van der Waals surface area contributed by atoms with Crippen molar-refractivity contribution in [3.63, 3.8) is 0 Å². The molecule has 2 rings (SSSR count). The molecule has 1 unspecified atom stereocenters. The van der Waals surface area contributed by atoms with Crippen LogP contribution in [0, 0.1) is 13.8 Å². The number of thiazole rings is 1. The van der Waals surface area contributed by atoms with E-state index in [-0.39, 0.29) is 10.3 Å². The highest BCUT2D eigenvalue weighted by Crippen LogP contribution is 2.27. The average Bonchev–Trinajstić information content (AvgIpc) is 2.84. The second kappa shape index (κ2) is 5.20. The van der Waals surface area contributed by atoms with Crippen molar-refractivity contribution < 1.29 is 8.42 Å². The molecule has 0 aliphatic rings. The van der Waals surface area contributed by atoms with E-state index in [1.807, 2.05) is 20.8 Å². The summed E-state index contributed by atoms with van der Waals surface area (Å²) in [5, 5.41) is 2.54. The molecule has 3 N–H and O–H groups in total. The number of hydrogen-bond acceptors (Lipinski definition) is 6. The summed E-state index contributed by atoms with van der Waals surface area (Å²) < 4.78 is 27.2. The van der Waals surface area contributed by atoms with Crippen molar-refractivity contribution in [2.75, 3.05) is 5.73 Å². The number of nitrogens with one attached hydrogen (secondary N) is 1. The van der Waals surface area contributed by atoms with Crippen LogP contribution in [0.4, 0.5) is 5.69 Å². The van der Waals surface area contributed by atoms with Gasteiger partial charge in [0, 0.05) is 15.9 Å². The first kappa shape index (κ1) is 14.4. The number of aromatic nitrogens is 1. The molecule has 0 saturated carbocycles. The lowest BCUT2D eigenvalue weighted by molar-refractivity contribution is 0.570. The van der Waals surface area contributed by atoms with Crippen molar-refractivity contribution in [2.24, 2.45) is 0 Å². The molecule has 0 spiro atoms. The number of rotatable bonds is 4. The normalized spacial score (nSPS) is 13.6. The van der Waals surface area contributed by atoms with Crippen LogP contribution in [0.2, 0.25) is 0 Å². The van der Waals surface area contributed by atoms with E-state index >= 15 is 0 Å². The molecule has 0 fully saturated rings. The van der Waals surface area contributed by atoms with Crippen molar-refractivity contribution in [2.45, 2.75) is 31.0 Å². The Morgan fingerprint density at radius 2 is 2.11 bits per heavy atom. The van der Waals surface area contributed by atoms with Gasteiger partial charge in [-0.3, -0.25) is 0 Å². The van der Waals surface area contributed by atoms with Gasteiger partial charge >= 0.3 is 0 Å². The summed E-state index contributed by atoms with van der Waals surface area (Å²) in [7, 11) is -3.53. The summed E-state index contributed by atoms with van der Waals surface area (Å²) in [4.78, 5) is 5.24. The molecule has 2 aromatic rings. The summed E-state index contributed by atoms with van der Waals surface area (Å²) in [6.45, 7) is 5.60. The van der Waals surface area contributed by atoms with E-state index in [9.17, 15) is 8.42 Å². The summed E-state index contributed by atoms with van der Waals surface area (Å²) in [5.74, 6) is 0. The van der Waals surface area contributed by atoms with Crippen LogP contribution in [0.15, 0.2) is 15.7 Å². The Hall–Kier alpha value is -0.960. The van der Waals surface area contributed by atoms with Gasteiger partial charge in [0.15, 0.2) is 0 Å². The van der Waals surface area contributed by atoms with Crippen molar-refractivity contribution >= 4 is 38.4 Å². The first-order valence-electron chi connectivity index (χ1n) is 5.60. The molecule has 0 saturated heterocycles. The highest BCUT2D eigenvalue weighted by molar-refractivity contribution is 7.91. The SMILES string of the molecule is Cc1nc(C)c(C(C)NS(=O)(=O)c2cc(N)cs2)s1. The van der Waals surface area contributed by atoms with Crippen LogP contribution in [0.3, 0.4) is 0 Å². The fourth-order valence-corrected chi connectivity index (χ4v) is 5.08. The molecular weight excluding hydrogens is 302 g/mol. The zero-order valence-electron chi connectivity index (χ0n) is 10.8. The minimum atomic E-state index is -3.53. The molecule has 8 heteroatoms. The number of sulfonamides is 1. The standard InChI is InChI=1S/C11H15N3O2S3/c1-6-11(18-8(3)13-6)7(2)14-19(15,16)10-4-9(12)5-17-10/h4-5,7,14H,12H2,1-3H3. The summed E-state index contributed by atoms with van der Waals surface area (Å²) >= 11 is 2.62. The van der Waals surface area contributed by atoms with E-state index in [1.165, 1.54) is 17.4 Å². The van der Waals surface area contributed by atoms with Crippen LogP contribution < -0.4 is 10.5 Å². The number of aryl methyl sites for hydroxylation is 2. The summed E-state index contributed by atoms with van der Waals surface area (Å²) in [6.07, 6.45) is 0. The molecule has 0 bridgehead atoms. The van der Waals surface area contributed by atoms with Crippen LogP contribution in [0.25, 0.3) is 0 Å². The van der Waals surface area contributed by atoms with Crippen LogP contribution in [0.5, 0.6) is 0 Å². The number of nitrogens with two attached hydrogens (primary N) is 1. The maximum atomic E-state index is 12.2. The van der Waals surface area contributed by atoms with Crippen molar-refractivity contribution in [1.82, 2.24) is 9.71 Å². The Bertz CT molecular complexity index is 688. The Morgan fingerprint density at radius 1 is 1.42 bits per heavy atom. The van der Waals surface area contributed by atoms with Crippen LogP contribution >= 0.6 is 22.7 Å². The van der Waals surface area contributed by atoms with Gasteiger partial charge in [0.2, 0.25) is 0 Å². The monoisotopic (exact) mass is 317 g/mol. The summed E-state index contributed by atoms with van der Waals surface area (Å²) in [5.41, 5.74) is 6.88. The molecule has 0 aliphatic heterocycles. The second-order valence-corrected chi connectivity index (χ2v) is 8.31. The fourth-order valence-electron chi connectivity index (χ4n) is 1.76. The van der Waals surface area contributed by atoms with Crippen molar-refractivity contribution in [3.8, 4) is 0 Å². The van der Waals surface area contributed by atoms with E-state index in [0.29, 0.717) is 5.69 Å². The Kier molecular flexibility index (Phi) is 3.95. The van der Waals surface area contributed by atoms with Gasteiger partial charge in [-0.2, -0.15) is 0 Å². The Morgan fingerprint density at radius 3 is 2.58 bits per heavy atom. The third kappa shape index (κ3) is 3.14. The van der Waals surface area contributed by atoms with Gasteiger partial charge in [-0.25, -0.2) is 18.1 Å². The lowest BCUT2D eigenvalue weighted by Crippen LogP contribution is -2.26. The number of anilines is 1. The molecule has 0 aliphatic carbocycles. The molecule has 0 radical (unpaired) electrons. The van der Waals surface area contributed by atoms with E-state index in [2.05, 4.69) is 9.71 Å². The molecule has 0 amide bonds. The fraction of sp³-hybridized carbons (Fsp3) is 0.364. The zero-order chi connectivity index (χ0) is 14.2. The van der Waals surface area contributed by atoms with Crippen LogP contribution in [-0.2, 0) is 10.0 Å². The van der Waals surface area contributed by atoms with E-state index in [0.717, 1.165) is 26.9 Å². The predicted octanol–water partition coefficient (Wildman–Crippen LogP) is 2.44. The maximum absolute atomic E-state index is 12.2. The molecular formula is C11H15N3O2S3. The first-order chi connectivity index (χ1) is 8.79. The van der Waals surface area contributed by atoms with E-state index in [4.69, 9.17) is 5.73 Å². The molecule has 104 valence electrons. The van der Waals surface area contributed by atoms with Gasteiger partial charge in [-0.1, -0.05) is 0 Å². The Labute approximate surface area is 120 Å². The van der Waals surface area contributed by atoms with Gasteiger partial charge in [-0.05, 0) is 26.8 Å². The van der Waals surface area contributed by atoms with Crippen LogP contribution in [-0.4, -0.2) is 13.4 Å². The lowest BCUT2D eigenvalue weighted by atomic mass is 10.2. The largest absolute Gasteiger partial charge is 0.398 e. The number of nitrogens with zero attached hydrogens (tertiary/aromatic N) is 1. The van der Waals surface area contributed by atoms with E-state index < -0.39 is 10.0 Å². The smallest absolute Gasteiger partial charge is 0.250 e. The summed E-state index contributed by atoms with van der Waals surface area (Å²) in [6, 6.07) is 1.16. The lowest BCUT2D eigenvalue weighted by Gasteiger charge is -2.12. The molecule has 5 nitrogen and oxygen atoms in total. The molecule has 2 aromatic heterocycles. The molecule has 19 heavy (non-hydrogen) atoms. The third-order valence-electron chi connectivity index (χ3n) is 2.53. The molecule has 0 aromatic carbocycles. The maximum Gasteiger partial charge on any atom is 0.250 e. The second-order valence-electron chi connectivity index (χ2n) is 4.22. The Balaban J connectivity index is 2.23. The molecule has 1 atom stereocenters. The highest BCUT2D eigenvalue weighted by atomic mass is 32.2. The zero-order valence-corrected chi connectivity index (χ0v) is 13.2. The van der Waals surface area contributed by atoms with Crippen molar-refractivity contribution in [1.29, 1.82) is 0 Å². The quantitative estimate of drug-likeness (QED) is 0.907. The van der Waals surface area contributed by atoms with Gasteiger partial charge in [0.1, 0.15) is 4.21 Å². The van der Waals surface area contributed by atoms with Crippen molar-refractivity contribution in [3.05, 3.63) is 27.0 Å². The topological polar surface area (TPSA) is 85.1 Å². The predicted molar refractivity (Wildman–Crippen MR) is 79.1 cm³/mol. The number of hydrogen-bond donors (Lipinski definition) is 2. The minimum absolute atomic E-state index is 0.232.